The van der Waals surface area contributed by atoms with Crippen LogP contribution in [0.2, 0.25) is 6.04 Å². The van der Waals surface area contributed by atoms with E-state index < -0.39 is 33.5 Å². The van der Waals surface area contributed by atoms with E-state index in [9.17, 15) is 0 Å². The Morgan fingerprint density at radius 3 is 1.27 bits per heavy atom. The average molecular weight is 1070 g/mol. The molecule has 0 aromatic carbocycles. The van der Waals surface area contributed by atoms with Gasteiger partial charge in [-0.3, -0.25) is 0 Å². The van der Waals surface area contributed by atoms with Crippen LogP contribution < -0.4 is 0 Å². The van der Waals surface area contributed by atoms with E-state index in [1.54, 1.807) is 0 Å². The van der Waals surface area contributed by atoms with Crippen LogP contribution in [-0.4, -0.2) is 108 Å². The first kappa shape index (κ1) is 56.6. The van der Waals surface area contributed by atoms with Crippen LogP contribution in [0.25, 0.3) is 0 Å². The summed E-state index contributed by atoms with van der Waals surface area (Å²) in [6.45, 7) is 23.7. The van der Waals surface area contributed by atoms with Crippen molar-refractivity contribution >= 4 is 145 Å². The minimum absolute atomic E-state index is 0.544. The molecule has 0 aromatic rings. The van der Waals surface area contributed by atoms with E-state index in [1.807, 2.05) is 144 Å². The lowest BCUT2D eigenvalue weighted by Crippen LogP contribution is -2.49. The fourth-order valence-corrected chi connectivity index (χ4v) is 67.6. The zero-order valence-corrected chi connectivity index (χ0v) is 47.8. The molecular formula is C32H70O9S12Si3. The van der Waals surface area contributed by atoms with Crippen LogP contribution in [0.4, 0.5) is 0 Å². The molecule has 0 aliphatic heterocycles. The highest BCUT2D eigenvalue weighted by atomic mass is 34.2. The summed E-state index contributed by atoms with van der Waals surface area (Å²) in [5.74, 6) is 3.23. The molecule has 0 heterocycles. The first-order chi connectivity index (χ1) is 27.2. The van der Waals surface area contributed by atoms with Crippen LogP contribution in [0, 0.1) is 11.3 Å². The van der Waals surface area contributed by atoms with Gasteiger partial charge in [0, 0.05) is 77.0 Å². The molecule has 336 valence electrons. The monoisotopic (exact) mass is 1070 g/mol. The van der Waals surface area contributed by atoms with E-state index in [4.69, 9.17) is 39.8 Å². The topological polar surface area (TPSA) is 83.1 Å². The molecule has 2 rings (SSSR count). The summed E-state index contributed by atoms with van der Waals surface area (Å²) in [7, 11) is 12.2. The highest BCUT2D eigenvalue weighted by Crippen LogP contribution is 2.89. The van der Waals surface area contributed by atoms with Gasteiger partial charge < -0.3 is 39.8 Å². The Hall–Kier alpha value is 4.49. The lowest BCUT2D eigenvalue weighted by molar-refractivity contribution is 0.0710. The molecular weight excluding hydrogens is 997 g/mol. The van der Waals surface area contributed by atoms with Crippen molar-refractivity contribution < 1.29 is 39.8 Å². The SMILES string of the molecule is CCO[Si](CCCSSSS(CCC12CCC(CC1)C2)(SSSSC[Si](OCC)(OCC)OCC)SSSSC[Si](OCC)(OCC)OCC)(OCC)OCC. The van der Waals surface area contributed by atoms with Crippen molar-refractivity contribution in [2.45, 2.75) is 113 Å². The van der Waals surface area contributed by atoms with Crippen LogP contribution in [-0.2, 0) is 39.8 Å². The van der Waals surface area contributed by atoms with Gasteiger partial charge in [0.25, 0.3) is 0 Å². The fourth-order valence-electron chi connectivity index (χ4n) is 6.74. The second-order valence-corrected chi connectivity index (χ2v) is 48.0. The largest absolute Gasteiger partial charge is 0.512 e. The van der Waals surface area contributed by atoms with Crippen molar-refractivity contribution in [3.63, 3.8) is 0 Å². The van der Waals surface area contributed by atoms with Crippen molar-refractivity contribution in [2.24, 2.45) is 11.3 Å². The standard InChI is InChI=1S/C32H70O9S12Si3/c1-10-33-54(34-11-2,35-12-3)27-19-25-42-47-50-53(26-24-32-22-20-31(28-32)21-23-32,51-48-45-43-29-55(36-13-4,37-14-5)38-15-6)52-49-46-44-30-56(39-16-7,40-17-8)41-18-9/h31H,10-30H2,1-9H3. The third kappa shape index (κ3) is 21.2. The molecule has 0 atom stereocenters. The molecule has 2 aliphatic rings. The number of hydrogen-bond acceptors (Lipinski definition) is 20. The van der Waals surface area contributed by atoms with Crippen molar-refractivity contribution in [3.05, 3.63) is 0 Å². The molecule has 0 unspecified atom stereocenters. The smallest absolute Gasteiger partial charge is 0.374 e. The second kappa shape index (κ2) is 33.0. The first-order valence-corrected chi connectivity index (χ1v) is 42.8. The Morgan fingerprint density at radius 1 is 0.500 bits per heavy atom. The lowest BCUT2D eigenvalue weighted by Gasteiger charge is -2.37. The molecule has 0 radical (unpaired) electrons. The minimum atomic E-state index is -2.72. The van der Waals surface area contributed by atoms with Gasteiger partial charge in [-0.2, -0.15) is 0 Å². The highest BCUT2D eigenvalue weighted by molar-refractivity contribution is 9.74. The lowest BCUT2D eigenvalue weighted by atomic mass is 9.82. The second-order valence-electron chi connectivity index (χ2n) is 12.6. The summed E-state index contributed by atoms with van der Waals surface area (Å²) in [6, 6.07) is 0.853. The Labute approximate surface area is 386 Å². The van der Waals surface area contributed by atoms with Gasteiger partial charge in [-0.15, -0.1) is 0 Å². The van der Waals surface area contributed by atoms with E-state index in [-0.39, 0.29) is 0 Å². The zero-order valence-electron chi connectivity index (χ0n) is 35.0. The maximum atomic E-state index is 6.16. The third-order valence-corrected chi connectivity index (χ3v) is 57.3. The summed E-state index contributed by atoms with van der Waals surface area (Å²) in [5.41, 5.74) is 0.544. The van der Waals surface area contributed by atoms with Gasteiger partial charge >= 0.3 is 26.4 Å². The van der Waals surface area contributed by atoms with Crippen LogP contribution in [0.3, 0.4) is 0 Å². The number of fused-ring (bicyclic) bond motifs is 2. The highest BCUT2D eigenvalue weighted by Gasteiger charge is 2.47. The molecule has 0 spiro atoms. The molecule has 2 aliphatic carbocycles. The van der Waals surface area contributed by atoms with E-state index in [0.29, 0.717) is 64.9 Å². The van der Waals surface area contributed by atoms with Crippen LogP contribution in [0.5, 0.6) is 0 Å². The molecule has 2 bridgehead atoms. The summed E-state index contributed by atoms with van der Waals surface area (Å²) in [4.78, 5) is 0. The Morgan fingerprint density at radius 2 is 0.893 bits per heavy atom. The summed E-state index contributed by atoms with van der Waals surface area (Å²) in [5, 5.41) is 1.47. The Bertz CT molecular complexity index is 903. The molecule has 0 N–H and O–H groups in total. The normalized spacial score (nSPS) is 19.4. The molecule has 0 saturated heterocycles. The molecule has 9 nitrogen and oxygen atoms in total. The quantitative estimate of drug-likeness (QED) is 0.0331. The van der Waals surface area contributed by atoms with Crippen molar-refractivity contribution in [1.29, 1.82) is 0 Å². The van der Waals surface area contributed by atoms with E-state index >= 15 is 0 Å². The maximum absolute atomic E-state index is 6.16. The summed E-state index contributed by atoms with van der Waals surface area (Å²) < 4.78 is 55.4. The van der Waals surface area contributed by atoms with E-state index in [1.165, 1.54) is 44.3 Å². The average Bonchev–Trinajstić information content (AvgIpc) is 3.78. The predicted octanol–water partition coefficient (Wildman–Crippen LogP) is 14.5. The molecule has 24 heteroatoms. The Balaban J connectivity index is 2.19. The van der Waals surface area contributed by atoms with Crippen LogP contribution in [0.15, 0.2) is 0 Å². The van der Waals surface area contributed by atoms with Crippen molar-refractivity contribution in [3.8, 4) is 0 Å². The van der Waals surface area contributed by atoms with E-state index in [0.717, 1.165) is 34.9 Å². The maximum Gasteiger partial charge on any atom is 0.512 e. The van der Waals surface area contributed by atoms with Crippen molar-refractivity contribution in [2.75, 3.05) is 81.7 Å². The zero-order chi connectivity index (χ0) is 41.1. The molecule has 2 fully saturated rings. The van der Waals surface area contributed by atoms with Crippen molar-refractivity contribution in [1.82, 2.24) is 0 Å². The van der Waals surface area contributed by atoms with Gasteiger partial charge in [0.05, 0.1) is 10.8 Å². The third-order valence-electron chi connectivity index (χ3n) is 8.82. The molecule has 2 saturated carbocycles. The van der Waals surface area contributed by atoms with Gasteiger partial charge in [-0.1, -0.05) is 39.5 Å². The summed E-state index contributed by atoms with van der Waals surface area (Å²) in [6.07, 6.45) is 9.44. The molecule has 56 heavy (non-hydrogen) atoms. The molecule has 0 amide bonds. The fraction of sp³-hybridized carbons (Fsp3) is 1.00. The summed E-state index contributed by atoms with van der Waals surface area (Å²) >= 11 is 0. The number of rotatable bonds is 40. The molecule has 0 aromatic heterocycles. The van der Waals surface area contributed by atoms with E-state index in [2.05, 4.69) is 29.5 Å². The predicted molar refractivity (Wildman–Crippen MR) is 276 cm³/mol. The first-order valence-electron chi connectivity index (χ1n) is 20.0. The van der Waals surface area contributed by atoms with Gasteiger partial charge in [-0.25, -0.2) is 0 Å². The van der Waals surface area contributed by atoms with Crippen LogP contribution in [0.1, 0.15) is 107 Å². The minimum Gasteiger partial charge on any atom is -0.374 e. The van der Waals surface area contributed by atoms with Crippen LogP contribution >= 0.6 is 118 Å². The van der Waals surface area contributed by atoms with Gasteiger partial charge in [0.15, 0.2) is 0 Å². The number of hydrogen-bond donors (Lipinski definition) is 0. The van der Waals surface area contributed by atoms with Gasteiger partial charge in [0.2, 0.25) is 0 Å². The van der Waals surface area contributed by atoms with Gasteiger partial charge in [0.1, 0.15) is 0 Å². The van der Waals surface area contributed by atoms with Gasteiger partial charge in [-0.05, 0) is 197 Å². The Kier molecular flexibility index (Phi) is 33.4.